The van der Waals surface area contributed by atoms with Crippen LogP contribution in [0.25, 0.3) is 21.8 Å². The number of pyridine rings is 2. The highest BCUT2D eigenvalue weighted by Crippen LogP contribution is 2.47. The summed E-state index contributed by atoms with van der Waals surface area (Å²) in [4.78, 5) is 10.1. The second-order valence-corrected chi connectivity index (χ2v) is 14.4. The Labute approximate surface area is 298 Å². The van der Waals surface area contributed by atoms with E-state index in [9.17, 15) is 0 Å². The van der Waals surface area contributed by atoms with E-state index < -0.39 is 0 Å². The zero-order valence-corrected chi connectivity index (χ0v) is 30.3. The van der Waals surface area contributed by atoms with Crippen LogP contribution in [0.15, 0.2) is 54.1 Å². The summed E-state index contributed by atoms with van der Waals surface area (Å²) >= 11 is 6.38. The molecule has 0 aliphatic heterocycles. The van der Waals surface area contributed by atoms with Gasteiger partial charge in [-0.25, -0.2) is 0 Å². The van der Waals surface area contributed by atoms with Crippen LogP contribution < -0.4 is 10.6 Å². The normalized spacial score (nSPS) is 18.0. The van der Waals surface area contributed by atoms with E-state index in [0.29, 0.717) is 11.8 Å². The molecule has 4 aromatic rings. The van der Waals surface area contributed by atoms with Crippen molar-refractivity contribution in [2.75, 3.05) is 23.7 Å². The fourth-order valence-electron chi connectivity index (χ4n) is 8.39. The maximum Gasteiger partial charge on any atom is 0.0741 e. The average Bonchev–Trinajstić information content (AvgIpc) is 3.03. The summed E-state index contributed by atoms with van der Waals surface area (Å²) in [7, 11) is 0. The molecule has 0 saturated carbocycles. The zero-order chi connectivity index (χ0) is 30.6. The summed E-state index contributed by atoms with van der Waals surface area (Å²) in [5.41, 5.74) is 12.0. The van der Waals surface area contributed by atoms with Gasteiger partial charge in [-0.1, -0.05) is 80.0 Å². The number of aryl methyl sites for hydroxylation is 1. The first-order valence-corrected chi connectivity index (χ1v) is 18.2. The molecule has 2 bridgehead atoms. The second-order valence-electron chi connectivity index (χ2n) is 13.9. The summed E-state index contributed by atoms with van der Waals surface area (Å²) in [6.07, 6.45) is 21.2. The van der Waals surface area contributed by atoms with Gasteiger partial charge in [-0.15, -0.1) is 24.8 Å². The Morgan fingerprint density at radius 2 is 1.38 bits per heavy atom. The van der Waals surface area contributed by atoms with Crippen LogP contribution in [0, 0.1) is 5.92 Å². The molecular formula is C40H51Cl3N4. The fourth-order valence-corrected chi connectivity index (χ4v) is 8.55. The Morgan fingerprint density at radius 3 is 2.17 bits per heavy atom. The number of aromatic nitrogens is 2. The Bertz CT molecular complexity index is 1700. The number of fused-ring (bicyclic) bond motifs is 7. The smallest absolute Gasteiger partial charge is 0.0741 e. The second kappa shape index (κ2) is 16.7. The van der Waals surface area contributed by atoms with Crippen LogP contribution in [0.4, 0.5) is 11.4 Å². The minimum absolute atomic E-state index is 0. The van der Waals surface area contributed by atoms with Crippen molar-refractivity contribution >= 4 is 69.6 Å². The maximum absolute atomic E-state index is 6.38. The van der Waals surface area contributed by atoms with E-state index in [-0.39, 0.29) is 24.8 Å². The van der Waals surface area contributed by atoms with Crippen LogP contribution in [-0.2, 0) is 19.3 Å². The molecule has 0 fully saturated rings. The number of para-hydroxylation sites is 1. The van der Waals surface area contributed by atoms with E-state index in [4.69, 9.17) is 21.6 Å². The van der Waals surface area contributed by atoms with Gasteiger partial charge in [0.2, 0.25) is 0 Å². The Kier molecular flexibility index (Phi) is 12.7. The van der Waals surface area contributed by atoms with Crippen molar-refractivity contribution in [3.05, 3.63) is 81.7 Å². The van der Waals surface area contributed by atoms with E-state index in [0.717, 1.165) is 48.4 Å². The first kappa shape index (κ1) is 35.8. The van der Waals surface area contributed by atoms with E-state index in [2.05, 4.69) is 54.0 Å². The molecule has 0 radical (unpaired) electrons. The lowest BCUT2D eigenvalue weighted by atomic mass is 9.71. The Balaban J connectivity index is 0.00000217. The number of unbranched alkanes of at least 4 members (excludes halogenated alkanes) is 7. The zero-order valence-electron chi connectivity index (χ0n) is 27.9. The number of nitrogens with one attached hydrogen (secondary N) is 2. The molecule has 2 atom stereocenters. The third-order valence-electron chi connectivity index (χ3n) is 10.5. The van der Waals surface area contributed by atoms with E-state index >= 15 is 0 Å². The largest absolute Gasteiger partial charge is 0.384 e. The molecule has 4 nitrogen and oxygen atoms in total. The summed E-state index contributed by atoms with van der Waals surface area (Å²) in [5.74, 6) is 1.22. The third-order valence-corrected chi connectivity index (χ3v) is 10.7. The number of hydrogen-bond donors (Lipinski definition) is 2. The van der Waals surface area contributed by atoms with Gasteiger partial charge in [0.05, 0.1) is 11.0 Å². The van der Waals surface area contributed by atoms with Crippen LogP contribution >= 0.6 is 36.4 Å². The quantitative estimate of drug-likeness (QED) is 0.108. The van der Waals surface area contributed by atoms with Crippen LogP contribution in [0.1, 0.15) is 112 Å². The molecule has 2 N–H and O–H groups in total. The molecule has 252 valence electrons. The van der Waals surface area contributed by atoms with Crippen LogP contribution in [0.5, 0.6) is 0 Å². The number of hydrogen-bond acceptors (Lipinski definition) is 4. The van der Waals surface area contributed by atoms with Crippen molar-refractivity contribution in [3.63, 3.8) is 0 Å². The number of anilines is 2. The summed E-state index contributed by atoms with van der Waals surface area (Å²) < 4.78 is 0. The molecule has 0 amide bonds. The number of nitrogens with zero attached hydrogens (tertiary/aromatic N) is 2. The van der Waals surface area contributed by atoms with Gasteiger partial charge in [-0.2, -0.15) is 0 Å². The molecule has 2 aromatic carbocycles. The van der Waals surface area contributed by atoms with Crippen LogP contribution in [0.3, 0.4) is 0 Å². The van der Waals surface area contributed by atoms with Gasteiger partial charge in [0, 0.05) is 57.2 Å². The Morgan fingerprint density at radius 1 is 0.723 bits per heavy atom. The van der Waals surface area contributed by atoms with Crippen molar-refractivity contribution in [2.24, 2.45) is 5.92 Å². The molecule has 3 aliphatic rings. The molecular weight excluding hydrogens is 643 g/mol. The van der Waals surface area contributed by atoms with Gasteiger partial charge in [-0.05, 0) is 106 Å². The molecule has 47 heavy (non-hydrogen) atoms. The molecule has 0 unspecified atom stereocenters. The number of benzene rings is 2. The number of allylic oxidation sites excluding steroid dienone is 2. The Hall–Kier alpha value is -2.53. The van der Waals surface area contributed by atoms with Crippen LogP contribution in [-0.4, -0.2) is 23.1 Å². The topological polar surface area (TPSA) is 49.8 Å². The van der Waals surface area contributed by atoms with Gasteiger partial charge in [0.1, 0.15) is 0 Å². The maximum atomic E-state index is 6.38. The lowest BCUT2D eigenvalue weighted by Crippen LogP contribution is -2.24. The average molecular weight is 694 g/mol. The molecule has 2 aromatic heterocycles. The summed E-state index contributed by atoms with van der Waals surface area (Å²) in [6, 6.07) is 14.9. The van der Waals surface area contributed by atoms with E-state index in [1.165, 1.54) is 122 Å². The SMILES string of the molecule is CC1=C[C@H]2Cc3nc4cc(Cl)ccc4c(NCCCCCCCCCCNc4c5c(nc6ccccc46)CCCC5)c3[C@@H](C1)C2.Cl.Cl. The molecule has 7 heteroatoms. The lowest BCUT2D eigenvalue weighted by Gasteiger charge is -2.36. The predicted octanol–water partition coefficient (Wildman–Crippen LogP) is 11.8. The monoisotopic (exact) mass is 692 g/mol. The van der Waals surface area contributed by atoms with Gasteiger partial charge in [0.15, 0.2) is 0 Å². The predicted molar refractivity (Wildman–Crippen MR) is 206 cm³/mol. The highest BCUT2D eigenvalue weighted by Gasteiger charge is 2.33. The highest BCUT2D eigenvalue weighted by atomic mass is 35.5. The van der Waals surface area contributed by atoms with Crippen molar-refractivity contribution < 1.29 is 0 Å². The molecule has 3 aliphatic carbocycles. The standard InChI is InChI=1S/C40H49ClN4.2ClH/c1-27-22-28-24-29(23-27)38-37(25-28)45-36-26-30(41)18-19-33(36)40(38)43-21-13-7-5-3-2-4-6-12-20-42-39-31-14-8-10-16-34(31)44-35-17-11-9-15-32(35)39;;/h8,10,14,16,18-19,22,26,28-29H,2-7,9,11-13,15,17,20-21,23-25H2,1H3,(H,42,44)(H,43,45);2*1H/t28-,29+;;/m1../s1. The summed E-state index contributed by atoms with van der Waals surface area (Å²) in [5, 5.41) is 11.0. The first-order chi connectivity index (χ1) is 22.1. The van der Waals surface area contributed by atoms with E-state index in [1.54, 1.807) is 5.57 Å². The fraction of sp³-hybridized carbons (Fsp3) is 0.500. The van der Waals surface area contributed by atoms with Crippen molar-refractivity contribution in [1.29, 1.82) is 0 Å². The molecule has 7 rings (SSSR count). The first-order valence-electron chi connectivity index (χ1n) is 17.8. The third kappa shape index (κ3) is 8.20. The minimum atomic E-state index is 0. The van der Waals surface area contributed by atoms with Gasteiger partial charge < -0.3 is 10.6 Å². The number of halogens is 3. The lowest BCUT2D eigenvalue weighted by molar-refractivity contribution is 0.433. The van der Waals surface area contributed by atoms with Crippen molar-refractivity contribution in [2.45, 2.75) is 109 Å². The van der Waals surface area contributed by atoms with Crippen molar-refractivity contribution in [3.8, 4) is 0 Å². The van der Waals surface area contributed by atoms with Gasteiger partial charge in [-0.3, -0.25) is 9.97 Å². The number of rotatable bonds is 13. The highest BCUT2D eigenvalue weighted by molar-refractivity contribution is 6.31. The van der Waals surface area contributed by atoms with Gasteiger partial charge in [0.25, 0.3) is 0 Å². The molecule has 2 heterocycles. The van der Waals surface area contributed by atoms with Crippen LogP contribution in [0.2, 0.25) is 5.02 Å². The molecule has 0 spiro atoms. The summed E-state index contributed by atoms with van der Waals surface area (Å²) in [6.45, 7) is 4.39. The van der Waals surface area contributed by atoms with E-state index in [1.807, 2.05) is 12.1 Å². The molecule has 0 saturated heterocycles. The minimum Gasteiger partial charge on any atom is -0.384 e. The van der Waals surface area contributed by atoms with Crippen molar-refractivity contribution in [1.82, 2.24) is 9.97 Å². The van der Waals surface area contributed by atoms with Gasteiger partial charge >= 0.3 is 0 Å².